The van der Waals surface area contributed by atoms with E-state index in [1.165, 1.54) is 31.9 Å². The van der Waals surface area contributed by atoms with Crippen LogP contribution in [0.1, 0.15) is 39.0 Å². The third-order valence-corrected chi connectivity index (χ3v) is 4.56. The Balaban J connectivity index is 2.06. The van der Waals surface area contributed by atoms with E-state index in [0.29, 0.717) is 11.2 Å². The van der Waals surface area contributed by atoms with Crippen LogP contribution in [0.15, 0.2) is 0 Å². The molecular formula is C11H23NO2S. The summed E-state index contributed by atoms with van der Waals surface area (Å²) in [6, 6.07) is 0. The Bertz CT molecular complexity index is 275. The van der Waals surface area contributed by atoms with Crippen molar-refractivity contribution in [2.45, 2.75) is 39.0 Å². The molecule has 4 heteroatoms. The predicted molar refractivity (Wildman–Crippen MR) is 63.8 cm³/mol. The lowest BCUT2D eigenvalue weighted by Gasteiger charge is -2.41. The minimum Gasteiger partial charge on any atom is -0.316 e. The first kappa shape index (κ1) is 13.0. The Morgan fingerprint density at radius 2 is 2.00 bits per heavy atom. The van der Waals surface area contributed by atoms with Gasteiger partial charge in [0.05, 0.1) is 5.75 Å². The summed E-state index contributed by atoms with van der Waals surface area (Å²) < 4.78 is 21.8. The standard InChI is InChI=1S/C11H23NO2S/c1-3-11(6-4-7-11)10-12-8-5-9-15(2,13)14/h12H,3-10H2,1-2H3. The van der Waals surface area contributed by atoms with Gasteiger partial charge in [-0.25, -0.2) is 8.42 Å². The van der Waals surface area contributed by atoms with Gasteiger partial charge in [0.25, 0.3) is 0 Å². The van der Waals surface area contributed by atoms with E-state index >= 15 is 0 Å². The molecule has 1 aliphatic rings. The van der Waals surface area contributed by atoms with Crippen molar-refractivity contribution in [3.05, 3.63) is 0 Å². The fraction of sp³-hybridized carbons (Fsp3) is 1.00. The third kappa shape index (κ3) is 4.51. The molecule has 0 aliphatic heterocycles. The largest absolute Gasteiger partial charge is 0.316 e. The minimum absolute atomic E-state index is 0.305. The molecule has 0 atom stereocenters. The van der Waals surface area contributed by atoms with Crippen molar-refractivity contribution in [2.75, 3.05) is 25.1 Å². The van der Waals surface area contributed by atoms with Crippen molar-refractivity contribution in [3.63, 3.8) is 0 Å². The fourth-order valence-corrected chi connectivity index (χ4v) is 2.81. The normalized spacial score (nSPS) is 19.9. The van der Waals surface area contributed by atoms with Crippen LogP contribution in [0.5, 0.6) is 0 Å². The third-order valence-electron chi connectivity index (χ3n) is 3.53. The SMILES string of the molecule is CCC1(CNCCCS(C)(=O)=O)CCC1. The van der Waals surface area contributed by atoms with Crippen LogP contribution >= 0.6 is 0 Å². The van der Waals surface area contributed by atoms with Crippen molar-refractivity contribution in [1.29, 1.82) is 0 Å². The van der Waals surface area contributed by atoms with E-state index in [2.05, 4.69) is 12.2 Å². The molecule has 0 aromatic heterocycles. The van der Waals surface area contributed by atoms with Crippen LogP contribution < -0.4 is 5.32 Å². The first-order valence-electron chi connectivity index (χ1n) is 5.86. The van der Waals surface area contributed by atoms with E-state index in [1.807, 2.05) is 0 Å². The summed E-state index contributed by atoms with van der Waals surface area (Å²) >= 11 is 0. The van der Waals surface area contributed by atoms with Crippen LogP contribution in [0.4, 0.5) is 0 Å². The number of hydrogen-bond donors (Lipinski definition) is 1. The van der Waals surface area contributed by atoms with Gasteiger partial charge in [-0.15, -0.1) is 0 Å². The molecule has 1 saturated carbocycles. The first-order chi connectivity index (χ1) is 6.97. The summed E-state index contributed by atoms with van der Waals surface area (Å²) in [7, 11) is -2.78. The van der Waals surface area contributed by atoms with Gasteiger partial charge in [-0.3, -0.25) is 0 Å². The van der Waals surface area contributed by atoms with E-state index in [-0.39, 0.29) is 0 Å². The first-order valence-corrected chi connectivity index (χ1v) is 7.92. The lowest BCUT2D eigenvalue weighted by molar-refractivity contribution is 0.124. The van der Waals surface area contributed by atoms with Gasteiger partial charge in [0.15, 0.2) is 0 Å². The Morgan fingerprint density at radius 1 is 1.33 bits per heavy atom. The molecule has 0 bridgehead atoms. The molecule has 0 spiro atoms. The second kappa shape index (κ2) is 5.30. The molecule has 15 heavy (non-hydrogen) atoms. The molecule has 0 amide bonds. The Kier molecular flexibility index (Phi) is 4.59. The van der Waals surface area contributed by atoms with Gasteiger partial charge in [-0.05, 0) is 37.6 Å². The minimum atomic E-state index is -2.78. The number of sulfone groups is 1. The van der Waals surface area contributed by atoms with E-state index in [9.17, 15) is 8.42 Å². The summed E-state index contributed by atoms with van der Waals surface area (Å²) in [5, 5.41) is 3.39. The molecule has 1 rings (SSSR count). The quantitative estimate of drug-likeness (QED) is 0.679. The monoisotopic (exact) mass is 233 g/mol. The molecule has 0 unspecified atom stereocenters. The number of hydrogen-bond acceptors (Lipinski definition) is 3. The van der Waals surface area contributed by atoms with Gasteiger partial charge >= 0.3 is 0 Å². The van der Waals surface area contributed by atoms with Crippen LogP contribution in [-0.2, 0) is 9.84 Å². The summed E-state index contributed by atoms with van der Waals surface area (Å²) in [6.07, 6.45) is 7.31. The van der Waals surface area contributed by atoms with Crippen molar-refractivity contribution >= 4 is 9.84 Å². The summed E-state index contributed by atoms with van der Waals surface area (Å²) in [4.78, 5) is 0. The summed E-state index contributed by atoms with van der Waals surface area (Å²) in [5.74, 6) is 0.305. The molecule has 3 nitrogen and oxygen atoms in total. The molecular weight excluding hydrogens is 210 g/mol. The van der Waals surface area contributed by atoms with Crippen molar-refractivity contribution in [2.24, 2.45) is 5.41 Å². The van der Waals surface area contributed by atoms with Gasteiger partial charge < -0.3 is 5.32 Å². The molecule has 0 radical (unpaired) electrons. The van der Waals surface area contributed by atoms with Crippen LogP contribution in [0.2, 0.25) is 0 Å². The second-order valence-electron chi connectivity index (χ2n) is 4.87. The van der Waals surface area contributed by atoms with E-state index in [1.54, 1.807) is 0 Å². The van der Waals surface area contributed by atoms with Crippen molar-refractivity contribution in [3.8, 4) is 0 Å². The average molecular weight is 233 g/mol. The van der Waals surface area contributed by atoms with Gasteiger partial charge in [-0.1, -0.05) is 13.3 Å². The molecule has 1 aliphatic carbocycles. The zero-order valence-electron chi connectivity index (χ0n) is 9.88. The van der Waals surface area contributed by atoms with Crippen LogP contribution in [0.3, 0.4) is 0 Å². The van der Waals surface area contributed by atoms with Gasteiger partial charge in [-0.2, -0.15) is 0 Å². The maximum Gasteiger partial charge on any atom is 0.147 e. The molecule has 0 aromatic rings. The Morgan fingerprint density at radius 3 is 2.40 bits per heavy atom. The molecule has 1 N–H and O–H groups in total. The smallest absolute Gasteiger partial charge is 0.147 e. The molecule has 0 heterocycles. The number of rotatable bonds is 7. The zero-order chi connectivity index (χ0) is 11.4. The van der Waals surface area contributed by atoms with E-state index < -0.39 is 9.84 Å². The maximum atomic E-state index is 10.9. The average Bonchev–Trinajstić information content (AvgIpc) is 2.06. The van der Waals surface area contributed by atoms with Crippen LogP contribution in [0.25, 0.3) is 0 Å². The highest BCUT2D eigenvalue weighted by molar-refractivity contribution is 7.90. The van der Waals surface area contributed by atoms with E-state index in [0.717, 1.165) is 19.5 Å². The van der Waals surface area contributed by atoms with E-state index in [4.69, 9.17) is 0 Å². The molecule has 90 valence electrons. The second-order valence-corrected chi connectivity index (χ2v) is 7.13. The number of nitrogens with one attached hydrogen (secondary N) is 1. The highest BCUT2D eigenvalue weighted by Crippen LogP contribution is 2.42. The lowest BCUT2D eigenvalue weighted by atomic mass is 9.67. The predicted octanol–water partition coefficient (Wildman–Crippen LogP) is 1.59. The lowest BCUT2D eigenvalue weighted by Crippen LogP contribution is -2.39. The zero-order valence-corrected chi connectivity index (χ0v) is 10.7. The van der Waals surface area contributed by atoms with Crippen molar-refractivity contribution < 1.29 is 8.42 Å². The summed E-state index contributed by atoms with van der Waals surface area (Å²) in [6.45, 7) is 4.14. The Labute approximate surface area is 93.6 Å². The van der Waals surface area contributed by atoms with Crippen LogP contribution in [-0.4, -0.2) is 33.5 Å². The maximum absolute atomic E-state index is 10.9. The Hall–Kier alpha value is -0.0900. The topological polar surface area (TPSA) is 46.2 Å². The highest BCUT2D eigenvalue weighted by Gasteiger charge is 2.34. The molecule has 1 fully saturated rings. The summed E-state index contributed by atoms with van der Waals surface area (Å²) in [5.41, 5.74) is 0.533. The fourth-order valence-electron chi connectivity index (χ4n) is 2.15. The van der Waals surface area contributed by atoms with Crippen LogP contribution in [0, 0.1) is 5.41 Å². The molecule has 0 saturated heterocycles. The van der Waals surface area contributed by atoms with Crippen molar-refractivity contribution in [1.82, 2.24) is 5.32 Å². The van der Waals surface area contributed by atoms with Gasteiger partial charge in [0.1, 0.15) is 9.84 Å². The molecule has 0 aromatic carbocycles. The van der Waals surface area contributed by atoms with Gasteiger partial charge in [0.2, 0.25) is 0 Å². The van der Waals surface area contributed by atoms with Gasteiger partial charge in [0, 0.05) is 12.8 Å². The highest BCUT2D eigenvalue weighted by atomic mass is 32.2.